The number of hydrogen-bond donors (Lipinski definition) is 2. The van der Waals surface area contributed by atoms with Gasteiger partial charge < -0.3 is 15.2 Å². The molecular formula is C20H28ClN5. The minimum absolute atomic E-state index is 0.210. The maximum absolute atomic E-state index is 6.15. The maximum atomic E-state index is 6.15. The van der Waals surface area contributed by atoms with Crippen LogP contribution in [0, 0.1) is 6.92 Å². The lowest BCUT2D eigenvalue weighted by atomic mass is 9.96. The van der Waals surface area contributed by atoms with Crippen molar-refractivity contribution in [2.24, 2.45) is 4.99 Å². The number of unbranched alkanes of at least 4 members (excludes halogenated alkanes) is 1. The van der Waals surface area contributed by atoms with Crippen LogP contribution in [0.4, 0.5) is 0 Å². The van der Waals surface area contributed by atoms with Gasteiger partial charge in [-0.3, -0.25) is 4.99 Å². The summed E-state index contributed by atoms with van der Waals surface area (Å²) >= 11 is 6.15. The van der Waals surface area contributed by atoms with Crippen LogP contribution >= 0.6 is 11.6 Å². The fraction of sp³-hybridized carbons (Fsp3) is 0.500. The third kappa shape index (κ3) is 4.79. The van der Waals surface area contributed by atoms with Crippen LogP contribution < -0.4 is 10.6 Å². The molecule has 0 unspecified atom stereocenters. The van der Waals surface area contributed by atoms with Crippen LogP contribution in [0.2, 0.25) is 5.02 Å². The van der Waals surface area contributed by atoms with E-state index in [-0.39, 0.29) is 5.41 Å². The molecule has 0 amide bonds. The molecule has 1 aliphatic carbocycles. The zero-order chi connectivity index (χ0) is 18.4. The monoisotopic (exact) mass is 373 g/mol. The van der Waals surface area contributed by atoms with E-state index in [9.17, 15) is 0 Å². The summed E-state index contributed by atoms with van der Waals surface area (Å²) in [6.45, 7) is 4.86. The van der Waals surface area contributed by atoms with Gasteiger partial charge in [0.2, 0.25) is 0 Å². The molecule has 5 nitrogen and oxygen atoms in total. The molecule has 2 N–H and O–H groups in total. The van der Waals surface area contributed by atoms with Crippen molar-refractivity contribution in [3.05, 3.63) is 53.1 Å². The Balaban J connectivity index is 1.39. The molecule has 0 bridgehead atoms. The number of benzene rings is 1. The van der Waals surface area contributed by atoms with Gasteiger partial charge in [-0.05, 0) is 50.3 Å². The molecule has 6 heteroatoms. The second kappa shape index (κ2) is 8.58. The molecule has 0 aliphatic heterocycles. The minimum Gasteiger partial charge on any atom is -0.356 e. The topological polar surface area (TPSA) is 54.2 Å². The van der Waals surface area contributed by atoms with E-state index in [2.05, 4.69) is 37.3 Å². The molecule has 140 valence electrons. The summed E-state index contributed by atoms with van der Waals surface area (Å²) in [4.78, 5) is 8.60. The van der Waals surface area contributed by atoms with Gasteiger partial charge in [0.15, 0.2) is 5.96 Å². The Morgan fingerprint density at radius 2 is 2.15 bits per heavy atom. The molecule has 1 saturated carbocycles. The average Bonchev–Trinajstić information content (AvgIpc) is 3.33. The van der Waals surface area contributed by atoms with Gasteiger partial charge in [-0.25, -0.2) is 4.98 Å². The first-order valence-electron chi connectivity index (χ1n) is 9.31. The molecule has 3 rings (SSSR count). The van der Waals surface area contributed by atoms with E-state index < -0.39 is 0 Å². The smallest absolute Gasteiger partial charge is 0.191 e. The van der Waals surface area contributed by atoms with Crippen molar-refractivity contribution in [1.82, 2.24) is 20.2 Å². The van der Waals surface area contributed by atoms with Gasteiger partial charge in [0.25, 0.3) is 0 Å². The second-order valence-electron chi connectivity index (χ2n) is 7.02. The van der Waals surface area contributed by atoms with Gasteiger partial charge in [-0.1, -0.05) is 23.7 Å². The molecule has 1 aliphatic rings. The third-order valence-electron chi connectivity index (χ3n) is 5.15. The minimum atomic E-state index is 0.210. The molecule has 1 aromatic carbocycles. The summed E-state index contributed by atoms with van der Waals surface area (Å²) in [7, 11) is 1.82. The molecule has 0 atom stereocenters. The number of rotatable bonds is 8. The number of nitrogens with one attached hydrogen (secondary N) is 2. The Labute approximate surface area is 160 Å². The van der Waals surface area contributed by atoms with Gasteiger partial charge in [-0.2, -0.15) is 0 Å². The van der Waals surface area contributed by atoms with Crippen molar-refractivity contribution in [3.8, 4) is 0 Å². The average molecular weight is 374 g/mol. The number of imidazole rings is 1. The van der Waals surface area contributed by atoms with E-state index >= 15 is 0 Å². The number of aliphatic imine (C=N–C) groups is 1. The fourth-order valence-corrected chi connectivity index (χ4v) is 3.45. The number of halogens is 1. The summed E-state index contributed by atoms with van der Waals surface area (Å²) in [5, 5.41) is 7.71. The van der Waals surface area contributed by atoms with Crippen LogP contribution in [0.3, 0.4) is 0 Å². The van der Waals surface area contributed by atoms with E-state index in [1.807, 2.05) is 38.5 Å². The number of aromatic nitrogens is 2. The van der Waals surface area contributed by atoms with Gasteiger partial charge in [-0.15, -0.1) is 0 Å². The van der Waals surface area contributed by atoms with Crippen molar-refractivity contribution in [2.45, 2.75) is 44.6 Å². The molecule has 1 fully saturated rings. The number of hydrogen-bond acceptors (Lipinski definition) is 2. The molecule has 1 aromatic heterocycles. The molecule has 1 heterocycles. The first-order valence-corrected chi connectivity index (χ1v) is 9.69. The van der Waals surface area contributed by atoms with Gasteiger partial charge in [0, 0.05) is 49.5 Å². The van der Waals surface area contributed by atoms with Crippen molar-refractivity contribution in [3.63, 3.8) is 0 Å². The molecule has 2 aromatic rings. The molecule has 0 saturated heterocycles. The zero-order valence-corrected chi connectivity index (χ0v) is 16.4. The molecule has 0 radical (unpaired) electrons. The fourth-order valence-electron chi connectivity index (χ4n) is 3.26. The lowest BCUT2D eigenvalue weighted by Gasteiger charge is -2.19. The van der Waals surface area contributed by atoms with Crippen molar-refractivity contribution in [1.29, 1.82) is 0 Å². The van der Waals surface area contributed by atoms with Gasteiger partial charge in [0.1, 0.15) is 5.82 Å². The van der Waals surface area contributed by atoms with E-state index in [0.29, 0.717) is 0 Å². The van der Waals surface area contributed by atoms with Gasteiger partial charge >= 0.3 is 0 Å². The highest BCUT2D eigenvalue weighted by molar-refractivity contribution is 6.30. The highest BCUT2D eigenvalue weighted by Gasteiger charge is 2.44. The Morgan fingerprint density at radius 1 is 1.31 bits per heavy atom. The number of nitrogens with zero attached hydrogens (tertiary/aromatic N) is 3. The standard InChI is InChI=1S/C20H28ClN5/c1-16-23-11-13-26(16)12-4-3-10-24-19(22-2)25-15-20(8-9-20)17-6-5-7-18(21)14-17/h5-7,11,13-14H,3-4,8-10,12,15H2,1-2H3,(H2,22,24,25). The first-order chi connectivity index (χ1) is 12.6. The van der Waals surface area contributed by atoms with Crippen LogP contribution in [-0.4, -0.2) is 35.6 Å². The predicted molar refractivity (Wildman–Crippen MR) is 108 cm³/mol. The summed E-state index contributed by atoms with van der Waals surface area (Å²) in [6.07, 6.45) is 8.50. The SMILES string of the molecule is CN=C(NCCCCn1ccnc1C)NCC1(c2cccc(Cl)c2)CC1. The Bertz CT molecular complexity index is 748. The van der Waals surface area contributed by atoms with Crippen molar-refractivity contribution >= 4 is 17.6 Å². The quantitative estimate of drug-likeness (QED) is 0.423. The van der Waals surface area contributed by atoms with Crippen LogP contribution in [-0.2, 0) is 12.0 Å². The second-order valence-corrected chi connectivity index (χ2v) is 7.45. The zero-order valence-electron chi connectivity index (χ0n) is 15.6. The van der Waals surface area contributed by atoms with Crippen LogP contribution in [0.1, 0.15) is 37.1 Å². The maximum Gasteiger partial charge on any atom is 0.191 e. The van der Waals surface area contributed by atoms with E-state index in [4.69, 9.17) is 11.6 Å². The number of aryl methyl sites for hydroxylation is 2. The lowest BCUT2D eigenvalue weighted by Crippen LogP contribution is -2.41. The van der Waals surface area contributed by atoms with Crippen molar-refractivity contribution < 1.29 is 0 Å². The third-order valence-corrected chi connectivity index (χ3v) is 5.39. The first kappa shape index (κ1) is 18.8. The van der Waals surface area contributed by atoms with Crippen LogP contribution in [0.5, 0.6) is 0 Å². The van der Waals surface area contributed by atoms with Crippen LogP contribution in [0.15, 0.2) is 41.7 Å². The highest BCUT2D eigenvalue weighted by Crippen LogP contribution is 2.48. The lowest BCUT2D eigenvalue weighted by molar-refractivity contribution is 0.584. The van der Waals surface area contributed by atoms with Crippen LogP contribution in [0.25, 0.3) is 0 Å². The Kier molecular flexibility index (Phi) is 6.20. The van der Waals surface area contributed by atoms with Gasteiger partial charge in [0.05, 0.1) is 0 Å². The summed E-state index contributed by atoms with van der Waals surface area (Å²) < 4.78 is 2.19. The summed E-state index contributed by atoms with van der Waals surface area (Å²) in [5.74, 6) is 1.95. The number of guanidine groups is 1. The normalized spacial score (nSPS) is 15.7. The molecular weight excluding hydrogens is 346 g/mol. The molecule has 0 spiro atoms. The largest absolute Gasteiger partial charge is 0.356 e. The van der Waals surface area contributed by atoms with E-state index in [1.165, 1.54) is 18.4 Å². The van der Waals surface area contributed by atoms with E-state index in [1.54, 1.807) is 0 Å². The predicted octanol–water partition coefficient (Wildman–Crippen LogP) is 3.52. The van der Waals surface area contributed by atoms with E-state index in [0.717, 1.165) is 49.3 Å². The highest BCUT2D eigenvalue weighted by atomic mass is 35.5. The summed E-state index contributed by atoms with van der Waals surface area (Å²) in [6, 6.07) is 8.23. The Hall–Kier alpha value is -2.01. The molecule has 26 heavy (non-hydrogen) atoms. The van der Waals surface area contributed by atoms with Crippen molar-refractivity contribution in [2.75, 3.05) is 20.1 Å². The summed E-state index contributed by atoms with van der Waals surface area (Å²) in [5.41, 5.74) is 1.53. The Morgan fingerprint density at radius 3 is 2.81 bits per heavy atom.